The van der Waals surface area contributed by atoms with E-state index < -0.39 is 0 Å². The molecule has 0 aromatic carbocycles. The SMILES string of the molecule is CCNC(=O)C1CCN(C(C)C(=O)Nc2c(C)nn(C)c2C)CC1. The number of aromatic nitrogens is 2. The lowest BCUT2D eigenvalue weighted by Crippen LogP contribution is -2.48. The number of carbonyl (C=O) groups excluding carboxylic acids is 2. The largest absolute Gasteiger partial charge is 0.356 e. The first-order chi connectivity index (χ1) is 11.3. The van der Waals surface area contributed by atoms with Crippen LogP contribution in [-0.4, -0.2) is 52.2 Å². The number of anilines is 1. The smallest absolute Gasteiger partial charge is 0.241 e. The minimum atomic E-state index is -0.223. The number of carbonyl (C=O) groups is 2. The van der Waals surface area contributed by atoms with Crippen LogP contribution in [0, 0.1) is 19.8 Å². The molecule has 7 heteroatoms. The van der Waals surface area contributed by atoms with Crippen LogP contribution in [0.25, 0.3) is 0 Å². The molecule has 1 aromatic rings. The number of hydrogen-bond acceptors (Lipinski definition) is 4. The van der Waals surface area contributed by atoms with Gasteiger partial charge in [-0.25, -0.2) is 0 Å². The van der Waals surface area contributed by atoms with Crippen molar-refractivity contribution < 1.29 is 9.59 Å². The van der Waals surface area contributed by atoms with Gasteiger partial charge >= 0.3 is 0 Å². The highest BCUT2D eigenvalue weighted by Gasteiger charge is 2.30. The number of likely N-dealkylation sites (tertiary alicyclic amines) is 1. The quantitative estimate of drug-likeness (QED) is 0.848. The van der Waals surface area contributed by atoms with Gasteiger partial charge in [-0.2, -0.15) is 5.10 Å². The van der Waals surface area contributed by atoms with Crippen LogP contribution in [0.2, 0.25) is 0 Å². The van der Waals surface area contributed by atoms with Gasteiger partial charge in [-0.3, -0.25) is 19.2 Å². The zero-order chi connectivity index (χ0) is 17.9. The van der Waals surface area contributed by atoms with Crippen LogP contribution >= 0.6 is 0 Å². The van der Waals surface area contributed by atoms with Gasteiger partial charge in [-0.05, 0) is 53.6 Å². The number of nitrogens with zero attached hydrogens (tertiary/aromatic N) is 3. The van der Waals surface area contributed by atoms with Crippen molar-refractivity contribution in [3.05, 3.63) is 11.4 Å². The molecular formula is C17H29N5O2. The normalized spacial score (nSPS) is 17.5. The lowest BCUT2D eigenvalue weighted by molar-refractivity contribution is -0.127. The van der Waals surface area contributed by atoms with E-state index in [0.717, 1.165) is 43.0 Å². The van der Waals surface area contributed by atoms with Crippen LogP contribution in [0.5, 0.6) is 0 Å². The standard InChI is InChI=1S/C17H29N5O2/c1-6-18-17(24)14-7-9-22(10-8-14)13(4)16(23)19-15-11(2)20-21(5)12(15)3/h13-14H,6-10H2,1-5H3,(H,18,24)(H,19,23). The Morgan fingerprint density at radius 2 is 1.92 bits per heavy atom. The fourth-order valence-corrected chi connectivity index (χ4v) is 3.22. The summed E-state index contributed by atoms with van der Waals surface area (Å²) >= 11 is 0. The second-order valence-electron chi connectivity index (χ2n) is 6.54. The maximum Gasteiger partial charge on any atom is 0.241 e. The zero-order valence-electron chi connectivity index (χ0n) is 15.3. The highest BCUT2D eigenvalue weighted by molar-refractivity contribution is 5.95. The van der Waals surface area contributed by atoms with E-state index in [2.05, 4.69) is 20.6 Å². The Bertz CT molecular complexity index is 602. The van der Waals surface area contributed by atoms with Gasteiger partial charge in [0.05, 0.1) is 23.1 Å². The Morgan fingerprint density at radius 3 is 2.42 bits per heavy atom. The van der Waals surface area contributed by atoms with E-state index in [0.29, 0.717) is 6.54 Å². The summed E-state index contributed by atoms with van der Waals surface area (Å²) in [5.41, 5.74) is 2.57. The van der Waals surface area contributed by atoms with Crippen LogP contribution in [0.3, 0.4) is 0 Å². The van der Waals surface area contributed by atoms with Crippen LogP contribution in [-0.2, 0) is 16.6 Å². The van der Waals surface area contributed by atoms with Crippen LogP contribution in [0.1, 0.15) is 38.1 Å². The van der Waals surface area contributed by atoms with Gasteiger partial charge in [-0.15, -0.1) is 0 Å². The third-order valence-corrected chi connectivity index (χ3v) is 4.94. The van der Waals surface area contributed by atoms with E-state index >= 15 is 0 Å². The molecule has 0 bridgehead atoms. The third-order valence-electron chi connectivity index (χ3n) is 4.94. The average Bonchev–Trinajstić information content (AvgIpc) is 2.80. The minimum absolute atomic E-state index is 0.0225. The molecule has 24 heavy (non-hydrogen) atoms. The second kappa shape index (κ2) is 7.79. The van der Waals surface area contributed by atoms with Crippen molar-refractivity contribution in [1.29, 1.82) is 0 Å². The Morgan fingerprint density at radius 1 is 1.29 bits per heavy atom. The number of rotatable bonds is 5. The fourth-order valence-electron chi connectivity index (χ4n) is 3.22. The van der Waals surface area contributed by atoms with Gasteiger partial charge in [0.25, 0.3) is 0 Å². The molecule has 2 N–H and O–H groups in total. The molecule has 0 aliphatic carbocycles. The van der Waals surface area contributed by atoms with E-state index in [1.807, 2.05) is 34.7 Å². The lowest BCUT2D eigenvalue weighted by Gasteiger charge is -2.34. The molecule has 2 heterocycles. The molecule has 1 atom stereocenters. The molecule has 0 saturated carbocycles. The zero-order valence-corrected chi connectivity index (χ0v) is 15.3. The Hall–Kier alpha value is -1.89. The van der Waals surface area contributed by atoms with E-state index in [1.54, 1.807) is 4.68 Å². The topological polar surface area (TPSA) is 79.3 Å². The molecule has 2 rings (SSSR count). The van der Waals surface area contributed by atoms with Gasteiger partial charge in [0, 0.05) is 19.5 Å². The maximum atomic E-state index is 12.6. The van der Waals surface area contributed by atoms with Crippen molar-refractivity contribution in [2.75, 3.05) is 25.0 Å². The predicted octanol–water partition coefficient (Wildman–Crippen LogP) is 1.21. The number of nitrogens with one attached hydrogen (secondary N) is 2. The molecular weight excluding hydrogens is 306 g/mol. The first-order valence-corrected chi connectivity index (χ1v) is 8.68. The summed E-state index contributed by atoms with van der Waals surface area (Å²) in [6.07, 6.45) is 1.60. The summed E-state index contributed by atoms with van der Waals surface area (Å²) < 4.78 is 1.77. The molecule has 134 valence electrons. The summed E-state index contributed by atoms with van der Waals surface area (Å²) in [5, 5.41) is 10.2. The Labute approximate surface area is 143 Å². The predicted molar refractivity (Wildman–Crippen MR) is 93.8 cm³/mol. The number of piperidine rings is 1. The van der Waals surface area contributed by atoms with Crippen molar-refractivity contribution in [3.63, 3.8) is 0 Å². The summed E-state index contributed by atoms with van der Waals surface area (Å²) in [6, 6.07) is -0.223. The minimum Gasteiger partial charge on any atom is -0.356 e. The second-order valence-corrected chi connectivity index (χ2v) is 6.54. The van der Waals surface area contributed by atoms with Crippen LogP contribution < -0.4 is 10.6 Å². The molecule has 1 saturated heterocycles. The van der Waals surface area contributed by atoms with Crippen LogP contribution in [0.15, 0.2) is 0 Å². The summed E-state index contributed by atoms with van der Waals surface area (Å²) in [5.74, 6) is 0.181. The third kappa shape index (κ3) is 3.95. The fraction of sp³-hybridized carbons (Fsp3) is 0.706. The van der Waals surface area contributed by atoms with Crippen molar-refractivity contribution in [2.45, 2.75) is 46.6 Å². The van der Waals surface area contributed by atoms with Gasteiger partial charge < -0.3 is 10.6 Å². The van der Waals surface area contributed by atoms with E-state index in [1.165, 1.54) is 0 Å². The van der Waals surface area contributed by atoms with Crippen molar-refractivity contribution in [1.82, 2.24) is 20.0 Å². The Balaban J connectivity index is 1.91. The van der Waals surface area contributed by atoms with Crippen molar-refractivity contribution in [2.24, 2.45) is 13.0 Å². The number of hydrogen-bond donors (Lipinski definition) is 2. The molecule has 1 unspecified atom stereocenters. The van der Waals surface area contributed by atoms with Crippen molar-refractivity contribution >= 4 is 17.5 Å². The van der Waals surface area contributed by atoms with E-state index in [-0.39, 0.29) is 23.8 Å². The monoisotopic (exact) mass is 335 g/mol. The van der Waals surface area contributed by atoms with E-state index in [4.69, 9.17) is 0 Å². The summed E-state index contributed by atoms with van der Waals surface area (Å²) in [7, 11) is 1.87. The number of amides is 2. The number of aryl methyl sites for hydroxylation is 2. The van der Waals surface area contributed by atoms with Crippen molar-refractivity contribution in [3.8, 4) is 0 Å². The molecule has 2 amide bonds. The molecule has 7 nitrogen and oxygen atoms in total. The average molecular weight is 335 g/mol. The molecule has 0 spiro atoms. The molecule has 1 aliphatic rings. The van der Waals surface area contributed by atoms with Gasteiger partial charge in [-0.1, -0.05) is 0 Å². The van der Waals surface area contributed by atoms with Gasteiger partial charge in [0.1, 0.15) is 0 Å². The summed E-state index contributed by atoms with van der Waals surface area (Å²) in [4.78, 5) is 26.6. The van der Waals surface area contributed by atoms with Gasteiger partial charge in [0.15, 0.2) is 0 Å². The highest BCUT2D eigenvalue weighted by Crippen LogP contribution is 2.22. The molecule has 1 aliphatic heterocycles. The highest BCUT2D eigenvalue weighted by atomic mass is 16.2. The molecule has 0 radical (unpaired) electrons. The molecule has 1 fully saturated rings. The summed E-state index contributed by atoms with van der Waals surface area (Å²) in [6.45, 7) is 9.89. The Kier molecular flexibility index (Phi) is 5.99. The first-order valence-electron chi connectivity index (χ1n) is 8.68. The lowest BCUT2D eigenvalue weighted by atomic mass is 9.95. The van der Waals surface area contributed by atoms with Crippen LogP contribution in [0.4, 0.5) is 5.69 Å². The molecule has 1 aromatic heterocycles. The van der Waals surface area contributed by atoms with Gasteiger partial charge in [0.2, 0.25) is 11.8 Å². The van der Waals surface area contributed by atoms with E-state index in [9.17, 15) is 9.59 Å². The maximum absolute atomic E-state index is 12.6. The first kappa shape index (κ1) is 18.4.